The molecule has 0 saturated carbocycles. The zero-order chi connectivity index (χ0) is 17.3. The molecule has 22 heavy (non-hydrogen) atoms. The summed E-state index contributed by atoms with van der Waals surface area (Å²) in [5.41, 5.74) is 2.86. The number of benzene rings is 1. The molecule has 0 bridgehead atoms. The second-order valence-electron chi connectivity index (χ2n) is 7.62. The van der Waals surface area contributed by atoms with Gasteiger partial charge in [-0.2, -0.15) is 0 Å². The lowest BCUT2D eigenvalue weighted by atomic mass is 9.78. The highest BCUT2D eigenvalue weighted by Gasteiger charge is 2.28. The highest BCUT2D eigenvalue weighted by Crippen LogP contribution is 2.47. The van der Waals surface area contributed by atoms with E-state index in [1.54, 1.807) is 6.92 Å². The molecule has 0 amide bonds. The van der Waals surface area contributed by atoms with Crippen molar-refractivity contribution in [3.8, 4) is 5.75 Å². The molecular weight excluding hydrogens is 299 g/mol. The molecule has 0 aliphatic rings. The van der Waals surface area contributed by atoms with Crippen LogP contribution in [-0.2, 0) is 19.9 Å². The molecule has 4 nitrogen and oxygen atoms in total. The lowest BCUT2D eigenvalue weighted by Crippen LogP contribution is -2.18. The molecule has 1 N–H and O–H groups in total. The van der Waals surface area contributed by atoms with Crippen LogP contribution in [0, 0.1) is 6.92 Å². The first-order chi connectivity index (χ1) is 9.78. The Bertz CT molecular complexity index is 580. The second kappa shape index (κ2) is 6.35. The highest BCUT2D eigenvalue weighted by atomic mass is 31.2. The molecule has 126 valence electrons. The topological polar surface area (TPSA) is 55.8 Å². The van der Waals surface area contributed by atoms with Crippen molar-refractivity contribution in [2.75, 3.05) is 6.61 Å². The van der Waals surface area contributed by atoms with Gasteiger partial charge in [0.1, 0.15) is 5.75 Å². The largest absolute Gasteiger partial charge is 0.527 e. The average molecular weight is 328 g/mol. The van der Waals surface area contributed by atoms with Gasteiger partial charge in [-0.3, -0.25) is 9.42 Å². The molecule has 0 saturated heterocycles. The van der Waals surface area contributed by atoms with E-state index in [0.29, 0.717) is 5.75 Å². The van der Waals surface area contributed by atoms with Gasteiger partial charge in [0.2, 0.25) is 0 Å². The third kappa shape index (κ3) is 4.84. The fraction of sp³-hybridized carbons (Fsp3) is 0.647. The number of phosphoric acid groups is 1. The van der Waals surface area contributed by atoms with Crippen LogP contribution in [0.25, 0.3) is 0 Å². The van der Waals surface area contributed by atoms with Crippen LogP contribution in [-0.4, -0.2) is 11.5 Å². The minimum atomic E-state index is -4.09. The lowest BCUT2D eigenvalue weighted by molar-refractivity contribution is 0.212. The van der Waals surface area contributed by atoms with Gasteiger partial charge in [0.25, 0.3) is 0 Å². The van der Waals surface area contributed by atoms with E-state index in [1.165, 1.54) is 0 Å². The van der Waals surface area contributed by atoms with Crippen LogP contribution >= 0.6 is 7.82 Å². The van der Waals surface area contributed by atoms with Crippen LogP contribution < -0.4 is 4.52 Å². The van der Waals surface area contributed by atoms with Crippen LogP contribution in [0.5, 0.6) is 5.75 Å². The summed E-state index contributed by atoms with van der Waals surface area (Å²) >= 11 is 0. The molecule has 0 aromatic heterocycles. The van der Waals surface area contributed by atoms with Crippen molar-refractivity contribution in [3.63, 3.8) is 0 Å². The van der Waals surface area contributed by atoms with Crippen molar-refractivity contribution in [2.24, 2.45) is 0 Å². The standard InChI is InChI=1S/C17H29O4P/c1-9-20-22(18,19)21-15-11-13(16(3,4)5)10-14(12(15)2)17(6,7)8/h10-11H,9H2,1-8H3,(H,18,19). The minimum Gasteiger partial charge on any atom is -0.404 e. The molecule has 1 aromatic carbocycles. The van der Waals surface area contributed by atoms with Gasteiger partial charge in [0.05, 0.1) is 6.61 Å². The van der Waals surface area contributed by atoms with Crippen molar-refractivity contribution in [1.82, 2.24) is 0 Å². The predicted molar refractivity (Wildman–Crippen MR) is 90.7 cm³/mol. The van der Waals surface area contributed by atoms with Gasteiger partial charge in [-0.1, -0.05) is 47.6 Å². The first kappa shape index (κ1) is 19.2. The molecular formula is C17H29O4P. The Morgan fingerprint density at radius 1 is 1.09 bits per heavy atom. The SMILES string of the molecule is CCOP(=O)(O)Oc1cc(C(C)(C)C)cc(C(C)(C)C)c1C. The Hall–Kier alpha value is -0.830. The Kier molecular flexibility index (Phi) is 5.55. The van der Waals surface area contributed by atoms with Gasteiger partial charge in [-0.05, 0) is 47.4 Å². The summed E-state index contributed by atoms with van der Waals surface area (Å²) < 4.78 is 22.1. The number of rotatable bonds is 4. The maximum absolute atomic E-state index is 12.0. The van der Waals surface area contributed by atoms with Crippen LogP contribution in [0.3, 0.4) is 0 Å². The van der Waals surface area contributed by atoms with Gasteiger partial charge >= 0.3 is 7.82 Å². The fourth-order valence-electron chi connectivity index (χ4n) is 2.31. The van der Waals surface area contributed by atoms with E-state index in [9.17, 15) is 9.46 Å². The highest BCUT2D eigenvalue weighted by molar-refractivity contribution is 7.47. The molecule has 0 radical (unpaired) electrons. The van der Waals surface area contributed by atoms with Gasteiger partial charge < -0.3 is 4.52 Å². The lowest BCUT2D eigenvalue weighted by Gasteiger charge is -2.28. The summed E-state index contributed by atoms with van der Waals surface area (Å²) in [4.78, 5) is 9.79. The van der Waals surface area contributed by atoms with Crippen LogP contribution in [0.2, 0.25) is 0 Å². The molecule has 1 rings (SSSR count). The van der Waals surface area contributed by atoms with E-state index < -0.39 is 7.82 Å². The zero-order valence-corrected chi connectivity index (χ0v) is 15.9. The third-order valence-electron chi connectivity index (χ3n) is 3.54. The van der Waals surface area contributed by atoms with Gasteiger partial charge in [-0.25, -0.2) is 4.57 Å². The molecule has 1 aromatic rings. The average Bonchev–Trinajstić information content (AvgIpc) is 2.28. The van der Waals surface area contributed by atoms with E-state index in [0.717, 1.165) is 16.7 Å². The Labute approximate surface area is 134 Å². The Morgan fingerprint density at radius 2 is 1.64 bits per heavy atom. The number of hydrogen-bond acceptors (Lipinski definition) is 3. The monoisotopic (exact) mass is 328 g/mol. The summed E-state index contributed by atoms with van der Waals surface area (Å²) in [6.07, 6.45) is 0. The van der Waals surface area contributed by atoms with Crippen LogP contribution in [0.1, 0.15) is 65.2 Å². The van der Waals surface area contributed by atoms with Crippen molar-refractivity contribution >= 4 is 7.82 Å². The van der Waals surface area contributed by atoms with E-state index in [1.807, 2.05) is 13.0 Å². The zero-order valence-electron chi connectivity index (χ0n) is 15.0. The van der Waals surface area contributed by atoms with E-state index in [4.69, 9.17) is 9.05 Å². The molecule has 0 aliphatic carbocycles. The summed E-state index contributed by atoms with van der Waals surface area (Å²) in [7, 11) is -4.09. The van der Waals surface area contributed by atoms with E-state index >= 15 is 0 Å². The van der Waals surface area contributed by atoms with Crippen LogP contribution in [0.4, 0.5) is 0 Å². The first-order valence-corrected chi connectivity index (χ1v) is 9.10. The Morgan fingerprint density at radius 3 is 2.05 bits per heavy atom. The van der Waals surface area contributed by atoms with Crippen molar-refractivity contribution in [2.45, 2.75) is 66.2 Å². The van der Waals surface area contributed by atoms with Crippen LogP contribution in [0.15, 0.2) is 12.1 Å². The summed E-state index contributed by atoms with van der Waals surface area (Å²) in [6.45, 7) is 16.4. The van der Waals surface area contributed by atoms with E-state index in [2.05, 4.69) is 47.6 Å². The molecule has 0 aliphatic heterocycles. The third-order valence-corrected chi connectivity index (χ3v) is 4.55. The van der Waals surface area contributed by atoms with E-state index in [-0.39, 0.29) is 17.4 Å². The van der Waals surface area contributed by atoms with Crippen molar-refractivity contribution < 1.29 is 18.5 Å². The van der Waals surface area contributed by atoms with Gasteiger partial charge in [0.15, 0.2) is 0 Å². The second-order valence-corrected chi connectivity index (χ2v) is 9.00. The smallest absolute Gasteiger partial charge is 0.404 e. The number of phosphoric ester groups is 1. The quantitative estimate of drug-likeness (QED) is 0.781. The molecule has 0 heterocycles. The summed E-state index contributed by atoms with van der Waals surface area (Å²) in [6, 6.07) is 4.00. The predicted octanol–water partition coefficient (Wildman–Crippen LogP) is 5.11. The number of hydrogen-bond donors (Lipinski definition) is 1. The molecule has 5 heteroatoms. The summed E-state index contributed by atoms with van der Waals surface area (Å²) in [5, 5.41) is 0. The molecule has 0 fully saturated rings. The first-order valence-electron chi connectivity index (χ1n) is 7.60. The minimum absolute atomic E-state index is 0.0864. The van der Waals surface area contributed by atoms with Crippen molar-refractivity contribution in [1.29, 1.82) is 0 Å². The molecule has 1 unspecified atom stereocenters. The maximum Gasteiger partial charge on any atom is 0.527 e. The molecule has 0 spiro atoms. The fourth-order valence-corrected chi connectivity index (χ4v) is 3.13. The van der Waals surface area contributed by atoms with Gasteiger partial charge in [0, 0.05) is 0 Å². The van der Waals surface area contributed by atoms with Crippen molar-refractivity contribution in [3.05, 3.63) is 28.8 Å². The Balaban J connectivity index is 3.47. The maximum atomic E-state index is 12.0. The van der Waals surface area contributed by atoms with Gasteiger partial charge in [-0.15, -0.1) is 0 Å². The summed E-state index contributed by atoms with van der Waals surface area (Å²) in [5.74, 6) is 0.414. The normalized spacial score (nSPS) is 15.5. The molecule has 1 atom stereocenters.